The monoisotopic (exact) mass is 193 g/mol. The van der Waals surface area contributed by atoms with Gasteiger partial charge in [0.1, 0.15) is 6.29 Å². The first kappa shape index (κ1) is 10.8. The topological polar surface area (TPSA) is 54.0 Å². The largest absolute Gasteiger partial charge is 0.314 e. The van der Waals surface area contributed by atoms with Crippen molar-refractivity contribution in [2.45, 2.75) is 0 Å². The van der Waals surface area contributed by atoms with E-state index in [0.717, 1.165) is 32.5 Å². The van der Waals surface area contributed by atoms with E-state index in [9.17, 15) is 4.79 Å². The zero-order valence-corrected chi connectivity index (χ0v) is 8.07. The van der Waals surface area contributed by atoms with Crippen LogP contribution in [-0.2, 0) is 0 Å². The molecule has 1 aliphatic heterocycles. The van der Waals surface area contributed by atoms with Crippen LogP contribution in [0, 0.1) is 0 Å². The van der Waals surface area contributed by atoms with Crippen molar-refractivity contribution >= 4 is 6.29 Å². The Morgan fingerprint density at radius 2 is 1.57 bits per heavy atom. The van der Waals surface area contributed by atoms with Gasteiger partial charge < -0.3 is 10.6 Å². The molecule has 2 heterocycles. The molecule has 0 aliphatic carbocycles. The van der Waals surface area contributed by atoms with Crippen LogP contribution in [0.15, 0.2) is 24.5 Å². The van der Waals surface area contributed by atoms with Gasteiger partial charge in [-0.15, -0.1) is 0 Å². The van der Waals surface area contributed by atoms with Crippen molar-refractivity contribution in [3.05, 3.63) is 30.1 Å². The first-order valence-corrected chi connectivity index (χ1v) is 4.70. The molecule has 1 aromatic rings. The molecule has 4 heteroatoms. The Morgan fingerprint density at radius 1 is 1.07 bits per heavy atom. The van der Waals surface area contributed by atoms with E-state index >= 15 is 0 Å². The molecule has 0 bridgehead atoms. The Morgan fingerprint density at radius 3 is 1.86 bits per heavy atom. The van der Waals surface area contributed by atoms with Crippen LogP contribution < -0.4 is 10.6 Å². The van der Waals surface area contributed by atoms with Crippen LogP contribution in [0.2, 0.25) is 0 Å². The Kier molecular flexibility index (Phi) is 5.54. The lowest BCUT2D eigenvalue weighted by Crippen LogP contribution is -2.39. The van der Waals surface area contributed by atoms with Gasteiger partial charge in [-0.3, -0.25) is 9.78 Å². The molecule has 0 spiro atoms. The van der Waals surface area contributed by atoms with E-state index in [2.05, 4.69) is 15.6 Å². The average molecular weight is 193 g/mol. The molecule has 0 amide bonds. The number of carbonyl (C=O) groups is 1. The summed E-state index contributed by atoms with van der Waals surface area (Å²) in [5, 5.41) is 6.44. The quantitative estimate of drug-likeness (QED) is 0.620. The molecule has 14 heavy (non-hydrogen) atoms. The molecule has 1 saturated heterocycles. The predicted molar refractivity (Wildman–Crippen MR) is 55.4 cm³/mol. The minimum atomic E-state index is 0.667. The summed E-state index contributed by atoms with van der Waals surface area (Å²) in [5.41, 5.74) is 0.667. The Hall–Kier alpha value is -1.26. The number of hydrogen-bond acceptors (Lipinski definition) is 4. The number of rotatable bonds is 1. The highest BCUT2D eigenvalue weighted by Gasteiger charge is 1.91. The van der Waals surface area contributed by atoms with Gasteiger partial charge >= 0.3 is 0 Å². The van der Waals surface area contributed by atoms with E-state index in [4.69, 9.17) is 0 Å². The predicted octanol–water partition coefficient (Wildman–Crippen LogP) is 0.0733. The summed E-state index contributed by atoms with van der Waals surface area (Å²) >= 11 is 0. The zero-order valence-electron chi connectivity index (χ0n) is 8.07. The van der Waals surface area contributed by atoms with Crippen LogP contribution in [0.4, 0.5) is 0 Å². The van der Waals surface area contributed by atoms with Gasteiger partial charge in [0.15, 0.2) is 0 Å². The van der Waals surface area contributed by atoms with Crippen LogP contribution in [0.3, 0.4) is 0 Å². The maximum atomic E-state index is 9.98. The summed E-state index contributed by atoms with van der Waals surface area (Å²) in [7, 11) is 0. The van der Waals surface area contributed by atoms with Crippen molar-refractivity contribution < 1.29 is 4.79 Å². The molecule has 2 N–H and O–H groups in total. The normalized spacial score (nSPS) is 15.1. The molecule has 0 unspecified atom stereocenters. The molecular formula is C10H15N3O. The molecule has 76 valence electrons. The van der Waals surface area contributed by atoms with Crippen LogP contribution in [0.25, 0.3) is 0 Å². The van der Waals surface area contributed by atoms with Gasteiger partial charge in [0.25, 0.3) is 0 Å². The second kappa shape index (κ2) is 7.17. The molecule has 0 radical (unpaired) electrons. The van der Waals surface area contributed by atoms with Crippen molar-refractivity contribution in [2.75, 3.05) is 26.2 Å². The zero-order chi connectivity index (χ0) is 10.1. The van der Waals surface area contributed by atoms with Crippen molar-refractivity contribution in [1.82, 2.24) is 15.6 Å². The summed E-state index contributed by atoms with van der Waals surface area (Å²) in [6.07, 6.45) is 3.97. The second-order valence-corrected chi connectivity index (χ2v) is 2.90. The summed E-state index contributed by atoms with van der Waals surface area (Å²) in [4.78, 5) is 13.7. The molecule has 0 saturated carbocycles. The molecule has 4 nitrogen and oxygen atoms in total. The summed E-state index contributed by atoms with van der Waals surface area (Å²) in [5.74, 6) is 0. The van der Waals surface area contributed by atoms with E-state index in [1.54, 1.807) is 24.5 Å². The molecular weight excluding hydrogens is 178 g/mol. The van der Waals surface area contributed by atoms with E-state index in [1.165, 1.54) is 0 Å². The third-order valence-electron chi connectivity index (χ3n) is 1.80. The van der Waals surface area contributed by atoms with Gasteiger partial charge in [0, 0.05) is 44.1 Å². The first-order chi connectivity index (χ1) is 6.93. The highest BCUT2D eigenvalue weighted by molar-refractivity contribution is 5.73. The number of hydrogen-bond donors (Lipinski definition) is 2. The van der Waals surface area contributed by atoms with Gasteiger partial charge in [-0.1, -0.05) is 0 Å². The maximum absolute atomic E-state index is 9.98. The lowest BCUT2D eigenvalue weighted by molar-refractivity contribution is 0.112. The van der Waals surface area contributed by atoms with E-state index in [1.807, 2.05) is 0 Å². The van der Waals surface area contributed by atoms with E-state index < -0.39 is 0 Å². The van der Waals surface area contributed by atoms with Crippen molar-refractivity contribution in [3.8, 4) is 0 Å². The van der Waals surface area contributed by atoms with Gasteiger partial charge in [0.05, 0.1) is 0 Å². The van der Waals surface area contributed by atoms with Crippen molar-refractivity contribution in [3.63, 3.8) is 0 Å². The van der Waals surface area contributed by atoms with Gasteiger partial charge in [-0.25, -0.2) is 0 Å². The molecule has 0 atom stereocenters. The first-order valence-electron chi connectivity index (χ1n) is 4.70. The standard InChI is InChI=1S/C6H5NO.C4H10N2/c8-5-6-1-3-7-4-2-6;1-2-6-4-3-5-1/h1-5H;5-6H,1-4H2. The molecule has 2 rings (SSSR count). The summed E-state index contributed by atoms with van der Waals surface area (Å²) in [6, 6.07) is 3.32. The lowest BCUT2D eigenvalue weighted by Gasteiger charge is -2.11. The fraction of sp³-hybridized carbons (Fsp3) is 0.400. The van der Waals surface area contributed by atoms with Crippen LogP contribution >= 0.6 is 0 Å². The SMILES string of the molecule is C1CNCCN1.O=Cc1ccncc1. The molecule has 1 aliphatic rings. The smallest absolute Gasteiger partial charge is 0.150 e. The second-order valence-electron chi connectivity index (χ2n) is 2.90. The third-order valence-corrected chi connectivity index (χ3v) is 1.80. The van der Waals surface area contributed by atoms with Gasteiger partial charge in [0.2, 0.25) is 0 Å². The Labute approximate surface area is 83.7 Å². The highest BCUT2D eigenvalue weighted by Crippen LogP contribution is 1.88. The Bertz CT molecular complexity index is 235. The fourth-order valence-electron chi connectivity index (χ4n) is 1.05. The average Bonchev–Trinajstić information content (AvgIpc) is 2.33. The number of aromatic nitrogens is 1. The molecule has 1 fully saturated rings. The fourth-order valence-corrected chi connectivity index (χ4v) is 1.05. The summed E-state index contributed by atoms with van der Waals surface area (Å²) < 4.78 is 0. The van der Waals surface area contributed by atoms with Crippen LogP contribution in [0.1, 0.15) is 10.4 Å². The number of nitrogens with zero attached hydrogens (tertiary/aromatic N) is 1. The third kappa shape index (κ3) is 4.69. The van der Waals surface area contributed by atoms with Crippen molar-refractivity contribution in [2.24, 2.45) is 0 Å². The minimum Gasteiger partial charge on any atom is -0.314 e. The lowest BCUT2D eigenvalue weighted by atomic mass is 10.3. The van der Waals surface area contributed by atoms with Crippen LogP contribution in [0.5, 0.6) is 0 Å². The van der Waals surface area contributed by atoms with E-state index in [0.29, 0.717) is 5.56 Å². The number of nitrogens with one attached hydrogen (secondary N) is 2. The summed E-state index contributed by atoms with van der Waals surface area (Å²) in [6.45, 7) is 4.56. The van der Waals surface area contributed by atoms with E-state index in [-0.39, 0.29) is 0 Å². The maximum Gasteiger partial charge on any atom is 0.150 e. The van der Waals surface area contributed by atoms with Crippen LogP contribution in [-0.4, -0.2) is 37.4 Å². The number of aldehydes is 1. The van der Waals surface area contributed by atoms with Gasteiger partial charge in [-0.05, 0) is 12.1 Å². The van der Waals surface area contributed by atoms with Gasteiger partial charge in [-0.2, -0.15) is 0 Å². The Balaban J connectivity index is 0.000000146. The number of carbonyl (C=O) groups excluding carboxylic acids is 1. The molecule has 0 aromatic carbocycles. The minimum absolute atomic E-state index is 0.667. The highest BCUT2D eigenvalue weighted by atomic mass is 16.1. The molecule has 1 aromatic heterocycles. The number of pyridine rings is 1. The number of piperazine rings is 1. The van der Waals surface area contributed by atoms with Crippen molar-refractivity contribution in [1.29, 1.82) is 0 Å².